The predicted octanol–water partition coefficient (Wildman–Crippen LogP) is 5.45. The van der Waals surface area contributed by atoms with E-state index in [1.54, 1.807) is 0 Å². The van der Waals surface area contributed by atoms with E-state index in [1.807, 2.05) is 6.07 Å². The van der Waals surface area contributed by atoms with Gasteiger partial charge < -0.3 is 9.47 Å². The molecule has 0 radical (unpaired) electrons. The highest BCUT2D eigenvalue weighted by Gasteiger charge is 2.18. The summed E-state index contributed by atoms with van der Waals surface area (Å²) in [6.45, 7) is 6.45. The zero-order valence-corrected chi connectivity index (χ0v) is 15.7. The molecule has 0 aromatic heterocycles. The van der Waals surface area contributed by atoms with Gasteiger partial charge in [0, 0.05) is 13.0 Å². The number of hydrogen-bond acceptors (Lipinski definition) is 2. The van der Waals surface area contributed by atoms with Crippen molar-refractivity contribution in [3.05, 3.63) is 71.8 Å². The Bertz CT molecular complexity index is 563. The number of ether oxygens (including phenoxy) is 2. The normalized spacial score (nSPS) is 11.6. The fraction of sp³-hybridized carbons (Fsp3) is 0.478. The van der Waals surface area contributed by atoms with Crippen molar-refractivity contribution < 1.29 is 9.47 Å². The summed E-state index contributed by atoms with van der Waals surface area (Å²) in [6, 6.07) is 21.2. The van der Waals surface area contributed by atoms with Gasteiger partial charge in [-0.3, -0.25) is 0 Å². The van der Waals surface area contributed by atoms with E-state index in [0.717, 1.165) is 25.9 Å². The molecule has 2 heteroatoms. The van der Waals surface area contributed by atoms with Crippen LogP contribution in [0.4, 0.5) is 0 Å². The lowest BCUT2D eigenvalue weighted by Crippen LogP contribution is -2.29. The van der Waals surface area contributed by atoms with Crippen molar-refractivity contribution >= 4 is 0 Å². The Labute approximate surface area is 153 Å². The van der Waals surface area contributed by atoms with E-state index in [9.17, 15) is 0 Å². The summed E-state index contributed by atoms with van der Waals surface area (Å²) in [5.74, 6) is 0. The maximum Gasteiger partial charge on any atom is 0.0707 e. The quantitative estimate of drug-likeness (QED) is 0.478. The third kappa shape index (κ3) is 8.85. The first kappa shape index (κ1) is 19.7. The van der Waals surface area contributed by atoms with Crippen molar-refractivity contribution in [3.8, 4) is 0 Å². The Balaban J connectivity index is 1.46. The summed E-state index contributed by atoms with van der Waals surface area (Å²) >= 11 is 0. The van der Waals surface area contributed by atoms with Crippen molar-refractivity contribution in [1.29, 1.82) is 0 Å². The number of rotatable bonds is 12. The zero-order valence-electron chi connectivity index (χ0n) is 15.7. The molecule has 0 aliphatic carbocycles. The van der Waals surface area contributed by atoms with Crippen LogP contribution in [0.25, 0.3) is 0 Å². The lowest BCUT2D eigenvalue weighted by molar-refractivity contribution is -0.0456. The molecule has 0 bridgehead atoms. The number of benzene rings is 2. The monoisotopic (exact) mass is 340 g/mol. The zero-order chi connectivity index (χ0) is 17.8. The second-order valence-corrected chi connectivity index (χ2v) is 7.18. The summed E-state index contributed by atoms with van der Waals surface area (Å²) in [6.07, 6.45) is 5.66. The first-order chi connectivity index (χ1) is 12.2. The van der Waals surface area contributed by atoms with Crippen molar-refractivity contribution in [3.63, 3.8) is 0 Å². The Morgan fingerprint density at radius 2 is 1.32 bits per heavy atom. The molecule has 136 valence electrons. The van der Waals surface area contributed by atoms with E-state index in [2.05, 4.69) is 68.4 Å². The lowest BCUT2D eigenvalue weighted by atomic mass is 9.98. The van der Waals surface area contributed by atoms with Crippen LogP contribution in [0.5, 0.6) is 0 Å². The van der Waals surface area contributed by atoms with Gasteiger partial charge in [0.25, 0.3) is 0 Å². The molecule has 25 heavy (non-hydrogen) atoms. The molecule has 0 fully saturated rings. The Morgan fingerprint density at radius 1 is 0.680 bits per heavy atom. The first-order valence-corrected chi connectivity index (χ1v) is 9.45. The second kappa shape index (κ2) is 11.1. The number of hydrogen-bond donors (Lipinski definition) is 0. The second-order valence-electron chi connectivity index (χ2n) is 7.18. The van der Waals surface area contributed by atoms with Gasteiger partial charge >= 0.3 is 0 Å². The minimum Gasteiger partial charge on any atom is -0.379 e. The third-order valence-electron chi connectivity index (χ3n) is 4.29. The van der Waals surface area contributed by atoms with Gasteiger partial charge in [-0.15, -0.1) is 0 Å². The van der Waals surface area contributed by atoms with Gasteiger partial charge in [-0.1, -0.05) is 67.1 Å². The molecule has 0 aliphatic heterocycles. The molecule has 0 heterocycles. The molecule has 0 saturated heterocycles. The standard InChI is InChI=1S/C23H32O2/c1-23(2,20-22-15-8-4-9-16-22)25-19-18-24-17-11-5-10-14-21-12-6-3-7-13-21/h3-4,6-9,12-13,15-16H,5,10-11,14,17-20H2,1-2H3. The highest BCUT2D eigenvalue weighted by atomic mass is 16.5. The van der Waals surface area contributed by atoms with E-state index in [-0.39, 0.29) is 5.60 Å². The van der Waals surface area contributed by atoms with Crippen molar-refractivity contribution in [1.82, 2.24) is 0 Å². The van der Waals surface area contributed by atoms with Crippen LogP contribution in [0.2, 0.25) is 0 Å². The van der Waals surface area contributed by atoms with Crippen LogP contribution >= 0.6 is 0 Å². The largest absolute Gasteiger partial charge is 0.379 e. The third-order valence-corrected chi connectivity index (χ3v) is 4.29. The highest BCUT2D eigenvalue weighted by molar-refractivity contribution is 5.16. The maximum atomic E-state index is 5.99. The number of unbranched alkanes of at least 4 members (excludes halogenated alkanes) is 2. The van der Waals surface area contributed by atoms with Gasteiger partial charge in [-0.2, -0.15) is 0 Å². The summed E-state index contributed by atoms with van der Waals surface area (Å²) in [5, 5.41) is 0. The smallest absolute Gasteiger partial charge is 0.0707 e. The summed E-state index contributed by atoms with van der Waals surface area (Å²) in [4.78, 5) is 0. The first-order valence-electron chi connectivity index (χ1n) is 9.45. The maximum absolute atomic E-state index is 5.99. The molecule has 2 nitrogen and oxygen atoms in total. The van der Waals surface area contributed by atoms with Crippen LogP contribution in [-0.2, 0) is 22.3 Å². The van der Waals surface area contributed by atoms with E-state index in [0.29, 0.717) is 13.2 Å². The molecular weight excluding hydrogens is 308 g/mol. The van der Waals surface area contributed by atoms with E-state index in [4.69, 9.17) is 9.47 Å². The van der Waals surface area contributed by atoms with E-state index >= 15 is 0 Å². The lowest BCUT2D eigenvalue weighted by Gasteiger charge is -2.25. The minimum atomic E-state index is -0.152. The Morgan fingerprint density at radius 3 is 2.00 bits per heavy atom. The fourth-order valence-electron chi connectivity index (χ4n) is 2.97. The summed E-state index contributed by atoms with van der Waals surface area (Å²) < 4.78 is 11.7. The van der Waals surface area contributed by atoms with Crippen molar-refractivity contribution in [2.24, 2.45) is 0 Å². The van der Waals surface area contributed by atoms with Crippen LogP contribution in [0.1, 0.15) is 44.2 Å². The van der Waals surface area contributed by atoms with Gasteiger partial charge in [0.05, 0.1) is 18.8 Å². The summed E-state index contributed by atoms with van der Waals surface area (Å²) in [7, 11) is 0. The van der Waals surface area contributed by atoms with E-state index in [1.165, 1.54) is 24.0 Å². The van der Waals surface area contributed by atoms with Gasteiger partial charge in [0.2, 0.25) is 0 Å². The molecule has 2 rings (SSSR count). The molecule has 0 aliphatic rings. The number of aryl methyl sites for hydroxylation is 1. The van der Waals surface area contributed by atoms with Gasteiger partial charge in [-0.05, 0) is 44.2 Å². The van der Waals surface area contributed by atoms with Crippen LogP contribution in [-0.4, -0.2) is 25.4 Å². The topological polar surface area (TPSA) is 18.5 Å². The Kier molecular flexibility index (Phi) is 8.71. The van der Waals surface area contributed by atoms with Crippen molar-refractivity contribution in [2.75, 3.05) is 19.8 Å². The Hall–Kier alpha value is -1.64. The van der Waals surface area contributed by atoms with Gasteiger partial charge in [0.15, 0.2) is 0 Å². The molecule has 0 unspecified atom stereocenters. The fourth-order valence-corrected chi connectivity index (χ4v) is 2.97. The van der Waals surface area contributed by atoms with Gasteiger partial charge in [-0.25, -0.2) is 0 Å². The van der Waals surface area contributed by atoms with Crippen LogP contribution in [0, 0.1) is 0 Å². The molecule has 0 saturated carbocycles. The molecule has 0 atom stereocenters. The van der Waals surface area contributed by atoms with E-state index < -0.39 is 0 Å². The molecule has 2 aromatic rings. The highest BCUT2D eigenvalue weighted by Crippen LogP contribution is 2.16. The van der Waals surface area contributed by atoms with Crippen LogP contribution in [0.3, 0.4) is 0 Å². The SMILES string of the molecule is CC(C)(Cc1ccccc1)OCCOCCCCCc1ccccc1. The molecule has 2 aromatic carbocycles. The van der Waals surface area contributed by atoms with Crippen LogP contribution < -0.4 is 0 Å². The molecule has 0 spiro atoms. The van der Waals surface area contributed by atoms with Gasteiger partial charge in [0.1, 0.15) is 0 Å². The van der Waals surface area contributed by atoms with Crippen molar-refractivity contribution in [2.45, 2.75) is 51.6 Å². The van der Waals surface area contributed by atoms with Crippen LogP contribution in [0.15, 0.2) is 60.7 Å². The average molecular weight is 341 g/mol. The molecular formula is C23H32O2. The molecule has 0 N–H and O–H groups in total. The summed E-state index contributed by atoms with van der Waals surface area (Å²) in [5.41, 5.74) is 2.59. The predicted molar refractivity (Wildman–Crippen MR) is 105 cm³/mol. The molecule has 0 amide bonds. The minimum absolute atomic E-state index is 0.152. The average Bonchev–Trinajstić information content (AvgIpc) is 2.61.